The molecule has 0 atom stereocenters. The number of nitrogens with zero attached hydrogens (tertiary/aromatic N) is 3. The van der Waals surface area contributed by atoms with Gasteiger partial charge in [0.25, 0.3) is 5.89 Å². The number of sulfone groups is 1. The van der Waals surface area contributed by atoms with E-state index < -0.39 is 15.3 Å². The quantitative estimate of drug-likeness (QED) is 0.257. The second-order valence-corrected chi connectivity index (χ2v) is 13.3. The average molecular weight is 598 g/mol. The first kappa shape index (κ1) is 26.1. The number of pyridine rings is 1. The summed E-state index contributed by atoms with van der Waals surface area (Å²) < 4.78 is 30.0. The molecule has 4 aromatic rings. The number of hydrogen-bond donors (Lipinski definition) is 1. The van der Waals surface area contributed by atoms with E-state index >= 15 is 0 Å². The molecule has 1 aliphatic carbocycles. The molecule has 1 amide bonds. The highest BCUT2D eigenvalue weighted by molar-refractivity contribution is 7.91. The van der Waals surface area contributed by atoms with Gasteiger partial charge in [-0.3, -0.25) is 9.78 Å². The van der Waals surface area contributed by atoms with Crippen molar-refractivity contribution in [3.8, 4) is 10.8 Å². The van der Waals surface area contributed by atoms with E-state index in [1.54, 1.807) is 25.1 Å². The third-order valence-electron chi connectivity index (χ3n) is 6.07. The Bertz CT molecular complexity index is 1570. The Kier molecular flexibility index (Phi) is 7.06. The molecule has 3 heterocycles. The van der Waals surface area contributed by atoms with Crippen LogP contribution in [0.15, 0.2) is 52.0 Å². The molecule has 0 spiro atoms. The fourth-order valence-corrected chi connectivity index (χ4v) is 6.63. The lowest BCUT2D eigenvalue weighted by molar-refractivity contribution is -0.115. The molecule has 1 fully saturated rings. The predicted molar refractivity (Wildman–Crippen MR) is 143 cm³/mol. The van der Waals surface area contributed by atoms with Crippen molar-refractivity contribution >= 4 is 67.6 Å². The monoisotopic (exact) mass is 596 g/mol. The molecule has 0 radical (unpaired) electrons. The molecule has 1 N–H and O–H groups in total. The van der Waals surface area contributed by atoms with Crippen LogP contribution in [0.2, 0.25) is 14.4 Å². The zero-order chi connectivity index (χ0) is 26.4. The van der Waals surface area contributed by atoms with E-state index in [-0.39, 0.29) is 23.0 Å². The summed E-state index contributed by atoms with van der Waals surface area (Å²) >= 11 is 20.7. The molecule has 0 bridgehead atoms. The molecule has 192 valence electrons. The van der Waals surface area contributed by atoms with Gasteiger partial charge in [-0.2, -0.15) is 4.98 Å². The normalized spacial score (nSPS) is 14.5. The lowest BCUT2D eigenvalue weighted by atomic mass is 9.94. The van der Waals surface area contributed by atoms with Crippen LogP contribution in [0.25, 0.3) is 10.8 Å². The second-order valence-electron chi connectivity index (χ2n) is 8.54. The van der Waals surface area contributed by atoms with E-state index in [4.69, 9.17) is 39.3 Å². The van der Waals surface area contributed by atoms with Gasteiger partial charge in [0.1, 0.15) is 0 Å². The molecular weight excluding hydrogens is 579 g/mol. The molecule has 8 nitrogen and oxygen atoms in total. The average Bonchev–Trinajstić information content (AvgIpc) is 3.26. The van der Waals surface area contributed by atoms with Crippen LogP contribution >= 0.6 is 46.1 Å². The van der Waals surface area contributed by atoms with Gasteiger partial charge in [-0.1, -0.05) is 46.9 Å². The fourth-order valence-electron chi connectivity index (χ4n) is 4.00. The first-order valence-corrected chi connectivity index (χ1v) is 14.8. The standard InChI is InChI=1S/C24H19Cl3N4O4S2/c1-2-37(33,34)15-4-3-13(28-12-15)11-20(32)29-14-9-16(25)21(17(26)10-14)24(7-8-24)23-30-22(35-31-23)18-5-6-19(27)36-18/h3-6,9-10,12H,2,7-8,11H2,1H3,(H,29,32). The Balaban J connectivity index is 1.32. The largest absolute Gasteiger partial charge is 0.333 e. The van der Waals surface area contributed by atoms with Crippen LogP contribution < -0.4 is 5.32 Å². The summed E-state index contributed by atoms with van der Waals surface area (Å²) in [6.45, 7) is 1.56. The van der Waals surface area contributed by atoms with Gasteiger partial charge in [-0.15, -0.1) is 11.3 Å². The van der Waals surface area contributed by atoms with Gasteiger partial charge in [0.05, 0.1) is 31.7 Å². The van der Waals surface area contributed by atoms with Gasteiger partial charge in [-0.05, 0) is 49.2 Å². The third kappa shape index (κ3) is 5.26. The van der Waals surface area contributed by atoms with E-state index in [1.807, 2.05) is 6.07 Å². The number of rotatable bonds is 8. The SMILES string of the molecule is CCS(=O)(=O)c1ccc(CC(=O)Nc2cc(Cl)c(C3(c4noc(-c5ccc(Cl)s5)n4)CC3)c(Cl)c2)nc1. The van der Waals surface area contributed by atoms with Crippen molar-refractivity contribution in [1.82, 2.24) is 15.1 Å². The van der Waals surface area contributed by atoms with Gasteiger partial charge in [0.15, 0.2) is 15.7 Å². The molecule has 37 heavy (non-hydrogen) atoms. The highest BCUT2D eigenvalue weighted by Crippen LogP contribution is 2.57. The molecule has 1 aromatic carbocycles. The summed E-state index contributed by atoms with van der Waals surface area (Å²) in [6, 6.07) is 9.81. The Morgan fingerprint density at radius 3 is 2.43 bits per heavy atom. The smallest absolute Gasteiger partial charge is 0.268 e. The lowest BCUT2D eigenvalue weighted by Gasteiger charge is -2.17. The zero-order valence-electron chi connectivity index (χ0n) is 19.3. The Morgan fingerprint density at radius 2 is 1.86 bits per heavy atom. The van der Waals surface area contributed by atoms with Crippen molar-refractivity contribution in [1.29, 1.82) is 0 Å². The molecule has 1 saturated carbocycles. The number of halogens is 3. The topological polar surface area (TPSA) is 115 Å². The number of carbonyl (C=O) groups is 1. The van der Waals surface area contributed by atoms with Gasteiger partial charge in [-0.25, -0.2) is 8.42 Å². The second kappa shape index (κ2) is 9.99. The van der Waals surface area contributed by atoms with Crippen molar-refractivity contribution in [3.05, 3.63) is 74.1 Å². The number of aromatic nitrogens is 3. The van der Waals surface area contributed by atoms with Crippen molar-refractivity contribution in [2.75, 3.05) is 11.1 Å². The number of anilines is 1. The molecule has 0 unspecified atom stereocenters. The van der Waals surface area contributed by atoms with Crippen LogP contribution in [0.1, 0.15) is 36.8 Å². The van der Waals surface area contributed by atoms with E-state index in [1.165, 1.54) is 29.7 Å². The number of amides is 1. The Morgan fingerprint density at radius 1 is 1.14 bits per heavy atom. The number of nitrogens with one attached hydrogen (secondary N) is 1. The van der Waals surface area contributed by atoms with Gasteiger partial charge >= 0.3 is 0 Å². The first-order chi connectivity index (χ1) is 17.6. The van der Waals surface area contributed by atoms with Crippen LogP contribution in [0, 0.1) is 0 Å². The van der Waals surface area contributed by atoms with Crippen molar-refractivity contribution in [2.45, 2.75) is 36.5 Å². The molecule has 13 heteroatoms. The number of hydrogen-bond acceptors (Lipinski definition) is 8. The van der Waals surface area contributed by atoms with Gasteiger partial charge in [0.2, 0.25) is 5.91 Å². The highest BCUT2D eigenvalue weighted by atomic mass is 35.5. The molecule has 1 aliphatic rings. The van der Waals surface area contributed by atoms with Crippen LogP contribution in [0.4, 0.5) is 5.69 Å². The molecule has 0 saturated heterocycles. The lowest BCUT2D eigenvalue weighted by Crippen LogP contribution is -2.17. The summed E-state index contributed by atoms with van der Waals surface area (Å²) in [5.41, 5.74) is 0.967. The van der Waals surface area contributed by atoms with Crippen molar-refractivity contribution < 1.29 is 17.7 Å². The highest BCUT2D eigenvalue weighted by Gasteiger charge is 2.52. The molecule has 5 rings (SSSR count). The minimum absolute atomic E-state index is 0.0231. The van der Waals surface area contributed by atoms with Crippen LogP contribution in [0.5, 0.6) is 0 Å². The number of carbonyl (C=O) groups excluding carboxylic acids is 1. The zero-order valence-corrected chi connectivity index (χ0v) is 23.2. The minimum Gasteiger partial charge on any atom is -0.333 e. The van der Waals surface area contributed by atoms with E-state index in [9.17, 15) is 13.2 Å². The summed E-state index contributed by atoms with van der Waals surface area (Å²) in [7, 11) is -3.36. The van der Waals surface area contributed by atoms with Crippen LogP contribution in [-0.4, -0.2) is 35.2 Å². The third-order valence-corrected chi connectivity index (χ3v) is 9.61. The molecule has 0 aliphatic heterocycles. The Labute approximate surface area is 231 Å². The molecular formula is C24H19Cl3N4O4S2. The summed E-state index contributed by atoms with van der Waals surface area (Å²) in [5.74, 6) is 0.498. The Hall–Kier alpha value is -2.50. The van der Waals surface area contributed by atoms with Gasteiger partial charge in [0, 0.05) is 33.2 Å². The number of thiophene rings is 1. The maximum Gasteiger partial charge on any atom is 0.268 e. The summed E-state index contributed by atoms with van der Waals surface area (Å²) in [4.78, 5) is 22.2. The van der Waals surface area contributed by atoms with Crippen molar-refractivity contribution in [2.24, 2.45) is 0 Å². The summed E-state index contributed by atoms with van der Waals surface area (Å²) in [5, 5.41) is 7.70. The maximum absolute atomic E-state index is 12.6. The minimum atomic E-state index is -3.36. The summed E-state index contributed by atoms with van der Waals surface area (Å²) in [6.07, 6.45) is 2.71. The van der Waals surface area contributed by atoms with E-state index in [2.05, 4.69) is 20.4 Å². The first-order valence-electron chi connectivity index (χ1n) is 11.2. The maximum atomic E-state index is 12.6. The van der Waals surface area contributed by atoms with Crippen LogP contribution in [0.3, 0.4) is 0 Å². The molecule has 3 aromatic heterocycles. The van der Waals surface area contributed by atoms with Crippen LogP contribution in [-0.2, 0) is 26.5 Å². The van der Waals surface area contributed by atoms with Crippen molar-refractivity contribution in [3.63, 3.8) is 0 Å². The predicted octanol–water partition coefficient (Wildman–Crippen LogP) is 6.21. The van der Waals surface area contributed by atoms with E-state index in [0.717, 1.165) is 17.7 Å². The fraction of sp³-hybridized carbons (Fsp3) is 0.250. The van der Waals surface area contributed by atoms with E-state index in [0.29, 0.717) is 43.0 Å². The van der Waals surface area contributed by atoms with Gasteiger partial charge < -0.3 is 9.84 Å². The number of benzene rings is 1.